The van der Waals surface area contributed by atoms with Crippen molar-refractivity contribution in [2.75, 3.05) is 0 Å². The maximum Gasteiger partial charge on any atom is 0.326 e. The molecule has 0 aromatic rings. The summed E-state index contributed by atoms with van der Waals surface area (Å²) in [6.07, 6.45) is -0.129. The highest BCUT2D eigenvalue weighted by atomic mass is 16.4. The lowest BCUT2D eigenvalue weighted by atomic mass is 10.1. The van der Waals surface area contributed by atoms with Crippen LogP contribution in [0, 0.1) is 0 Å². The van der Waals surface area contributed by atoms with Crippen molar-refractivity contribution in [1.29, 1.82) is 0 Å². The second kappa shape index (κ2) is 8.96. The Bertz CT molecular complexity index is 390. The van der Waals surface area contributed by atoms with E-state index in [1.807, 2.05) is 0 Å². The molecule has 0 aromatic carbocycles. The van der Waals surface area contributed by atoms with E-state index in [0.29, 0.717) is 12.6 Å². The molecule has 3 N–H and O–H groups in total. The molecule has 0 heterocycles. The Morgan fingerprint density at radius 1 is 1.37 bits per heavy atom. The van der Waals surface area contributed by atoms with Gasteiger partial charge in [-0.1, -0.05) is 13.3 Å². The third-order valence-electron chi connectivity index (χ3n) is 2.36. The number of Topliss-reactive ketones (excluding diaryl/α,β-unsaturated/α-hetero) is 1. The van der Waals surface area contributed by atoms with Crippen LogP contribution in [0.3, 0.4) is 0 Å². The van der Waals surface area contributed by atoms with Gasteiger partial charge in [0.25, 0.3) is 0 Å². The minimum absolute atomic E-state index is 0.148. The smallest absolute Gasteiger partial charge is 0.326 e. The van der Waals surface area contributed by atoms with E-state index in [4.69, 9.17) is 10.6 Å². The van der Waals surface area contributed by atoms with Crippen LogP contribution in [-0.4, -0.2) is 51.0 Å². The molecule has 19 heavy (non-hydrogen) atoms. The van der Waals surface area contributed by atoms with E-state index in [1.165, 1.54) is 0 Å². The second-order valence-electron chi connectivity index (χ2n) is 3.95. The van der Waals surface area contributed by atoms with Crippen molar-refractivity contribution in [2.24, 2.45) is 0 Å². The van der Waals surface area contributed by atoms with Crippen LogP contribution in [0.4, 0.5) is 0 Å². The first-order valence-electron chi connectivity index (χ1n) is 5.83. The predicted molar refractivity (Wildman–Crippen MR) is 64.4 cm³/mol. The summed E-state index contributed by atoms with van der Waals surface area (Å²) in [5, 5.41) is 20.4. The zero-order valence-electron chi connectivity index (χ0n) is 10.6. The van der Waals surface area contributed by atoms with Gasteiger partial charge in [-0.3, -0.25) is 9.59 Å². The van der Waals surface area contributed by atoms with Crippen LogP contribution in [0.2, 0.25) is 0 Å². The number of nitrogens with one attached hydrogen (secondary N) is 1. The zero-order valence-corrected chi connectivity index (χ0v) is 10.6. The zero-order chi connectivity index (χ0) is 14.8. The number of hydrogen-bond donors (Lipinski definition) is 3. The van der Waals surface area contributed by atoms with Gasteiger partial charge < -0.3 is 21.1 Å². The predicted octanol–water partition coefficient (Wildman–Crippen LogP) is -0.633. The molecule has 0 rings (SSSR count). The first kappa shape index (κ1) is 16.9. The van der Waals surface area contributed by atoms with Crippen molar-refractivity contribution in [3.05, 3.63) is 5.53 Å². The topological polar surface area (TPSA) is 140 Å². The highest BCUT2D eigenvalue weighted by Gasteiger charge is 2.24. The molecule has 0 aromatic heterocycles. The maximum atomic E-state index is 11.4. The van der Waals surface area contributed by atoms with Gasteiger partial charge in [0.2, 0.25) is 11.7 Å². The fourth-order valence-electron chi connectivity index (χ4n) is 1.35. The molecular weight excluding hydrogens is 254 g/mol. The van der Waals surface area contributed by atoms with Crippen molar-refractivity contribution in [1.82, 2.24) is 5.32 Å². The standard InChI is InChI=1S/C11H17N3O5/c1-2-3-9(16)10(17)14-8(11(18)19)5-4-7(15)6-13-12/h6,8-9,16H,2-5H2,1H3,(H,14,17)(H,18,19). The van der Waals surface area contributed by atoms with Gasteiger partial charge in [0.05, 0.1) is 0 Å². The molecule has 8 heteroatoms. The molecule has 0 aliphatic rings. The second-order valence-corrected chi connectivity index (χ2v) is 3.95. The summed E-state index contributed by atoms with van der Waals surface area (Å²) in [7, 11) is 0. The number of rotatable bonds is 9. The molecule has 1 amide bonds. The van der Waals surface area contributed by atoms with Crippen LogP contribution in [0.25, 0.3) is 5.53 Å². The number of carbonyl (C=O) groups excluding carboxylic acids is 2. The number of hydrogen-bond acceptors (Lipinski definition) is 4. The minimum atomic E-state index is -1.30. The van der Waals surface area contributed by atoms with E-state index in [0.717, 1.165) is 0 Å². The van der Waals surface area contributed by atoms with Gasteiger partial charge in [-0.25, -0.2) is 4.79 Å². The Balaban J connectivity index is 4.42. The summed E-state index contributed by atoms with van der Waals surface area (Å²) < 4.78 is 0. The first-order chi connectivity index (χ1) is 8.92. The van der Waals surface area contributed by atoms with Crippen molar-refractivity contribution in [3.63, 3.8) is 0 Å². The number of nitrogens with zero attached hydrogens (tertiary/aromatic N) is 2. The summed E-state index contributed by atoms with van der Waals surface area (Å²) in [5.41, 5.74) is 8.12. The molecule has 0 aliphatic heterocycles. The number of aliphatic hydroxyl groups excluding tert-OH is 1. The van der Waals surface area contributed by atoms with Crippen LogP contribution < -0.4 is 5.32 Å². The number of aliphatic hydroxyl groups is 1. The molecule has 106 valence electrons. The Morgan fingerprint density at radius 2 is 2.00 bits per heavy atom. The highest BCUT2D eigenvalue weighted by molar-refractivity contribution is 6.25. The molecule has 0 radical (unpaired) electrons. The number of ketones is 1. The molecule has 0 aliphatic carbocycles. The Hall–Kier alpha value is -2.05. The lowest BCUT2D eigenvalue weighted by molar-refractivity contribution is -0.143. The van der Waals surface area contributed by atoms with Crippen LogP contribution in [0.1, 0.15) is 32.6 Å². The van der Waals surface area contributed by atoms with Crippen molar-refractivity contribution in [3.8, 4) is 0 Å². The van der Waals surface area contributed by atoms with E-state index in [1.54, 1.807) is 6.92 Å². The van der Waals surface area contributed by atoms with E-state index >= 15 is 0 Å². The van der Waals surface area contributed by atoms with Crippen LogP contribution in [-0.2, 0) is 14.4 Å². The first-order valence-corrected chi connectivity index (χ1v) is 5.83. The quantitative estimate of drug-likeness (QED) is 0.291. The van der Waals surface area contributed by atoms with E-state index in [2.05, 4.69) is 10.1 Å². The number of carboxylic acid groups (broad SMARTS) is 1. The molecule has 0 saturated carbocycles. The van der Waals surface area contributed by atoms with E-state index in [-0.39, 0.29) is 19.3 Å². The lowest BCUT2D eigenvalue weighted by Crippen LogP contribution is -2.45. The fourth-order valence-corrected chi connectivity index (χ4v) is 1.35. The number of amides is 1. The van der Waals surface area contributed by atoms with Gasteiger partial charge in [0, 0.05) is 6.42 Å². The Labute approximate surface area is 110 Å². The average Bonchev–Trinajstić information content (AvgIpc) is 2.34. The van der Waals surface area contributed by atoms with E-state index in [9.17, 15) is 19.5 Å². The molecule has 0 bridgehead atoms. The molecule has 0 spiro atoms. The van der Waals surface area contributed by atoms with Gasteiger partial charge >= 0.3 is 12.2 Å². The van der Waals surface area contributed by atoms with E-state index < -0.39 is 29.8 Å². The summed E-state index contributed by atoms with van der Waals surface area (Å²) >= 11 is 0. The third kappa shape index (κ3) is 7.07. The number of carbonyl (C=O) groups is 3. The summed E-state index contributed by atoms with van der Waals surface area (Å²) in [6, 6.07) is -1.27. The van der Waals surface area contributed by atoms with Crippen molar-refractivity contribution in [2.45, 2.75) is 44.8 Å². The largest absolute Gasteiger partial charge is 0.480 e. The fraction of sp³-hybridized carbons (Fsp3) is 0.636. The molecule has 2 atom stereocenters. The van der Waals surface area contributed by atoms with Crippen molar-refractivity contribution >= 4 is 23.9 Å². The molecule has 0 saturated heterocycles. The van der Waals surface area contributed by atoms with Gasteiger partial charge in [-0.15, -0.1) is 0 Å². The van der Waals surface area contributed by atoms with Gasteiger partial charge in [0.1, 0.15) is 12.1 Å². The number of carboxylic acids is 1. The normalized spacial score (nSPS) is 12.9. The Kier molecular flexibility index (Phi) is 7.99. The monoisotopic (exact) mass is 271 g/mol. The van der Waals surface area contributed by atoms with Crippen molar-refractivity contribution < 1.29 is 29.4 Å². The number of aliphatic carboxylic acids is 1. The summed E-state index contributed by atoms with van der Waals surface area (Å²) in [6.45, 7) is 1.78. The van der Waals surface area contributed by atoms with Crippen LogP contribution in [0.5, 0.6) is 0 Å². The average molecular weight is 271 g/mol. The maximum absolute atomic E-state index is 11.4. The highest BCUT2D eigenvalue weighted by Crippen LogP contribution is 2.01. The lowest BCUT2D eigenvalue weighted by Gasteiger charge is -2.16. The minimum Gasteiger partial charge on any atom is -0.480 e. The molecular formula is C11H17N3O5. The molecule has 8 nitrogen and oxygen atoms in total. The summed E-state index contributed by atoms with van der Waals surface area (Å²) in [5.74, 6) is -2.64. The van der Waals surface area contributed by atoms with Gasteiger partial charge in [-0.2, -0.15) is 4.79 Å². The molecule has 0 fully saturated rings. The Morgan fingerprint density at radius 3 is 2.47 bits per heavy atom. The SMILES string of the molecule is CCCC(O)C(=O)NC(CCC(=O)C=[N+]=[N-])C(=O)O. The van der Waals surface area contributed by atoms with Gasteiger partial charge in [-0.05, 0) is 12.8 Å². The molecule has 2 unspecified atom stereocenters. The summed E-state index contributed by atoms with van der Waals surface area (Å²) in [4.78, 5) is 35.9. The van der Waals surface area contributed by atoms with Crippen LogP contribution in [0.15, 0.2) is 0 Å². The van der Waals surface area contributed by atoms with Crippen LogP contribution >= 0.6 is 0 Å². The van der Waals surface area contributed by atoms with Gasteiger partial charge in [0.15, 0.2) is 0 Å². The third-order valence-corrected chi connectivity index (χ3v) is 2.36.